The Morgan fingerprint density at radius 3 is 3.07 bits per heavy atom. The second kappa shape index (κ2) is 5.23. The fourth-order valence-corrected chi connectivity index (χ4v) is 7.63. The van der Waals surface area contributed by atoms with Gasteiger partial charge < -0.3 is 14.6 Å². The number of nitrogens with zero attached hydrogens (tertiary/aromatic N) is 2. The summed E-state index contributed by atoms with van der Waals surface area (Å²) in [5.74, 6) is 0.875. The highest BCUT2D eigenvalue weighted by molar-refractivity contribution is 7.47. The third-order valence-corrected chi connectivity index (χ3v) is 8.63. The Kier molecular flexibility index (Phi) is 3.20. The van der Waals surface area contributed by atoms with Crippen molar-refractivity contribution in [2.24, 2.45) is 9.78 Å². The molecular formula is C22H24N2O3S. The molecule has 6 aliphatic rings. The van der Waals surface area contributed by atoms with Crippen molar-refractivity contribution in [2.75, 3.05) is 20.2 Å². The van der Waals surface area contributed by atoms with Gasteiger partial charge in [-0.3, -0.25) is 4.90 Å². The second-order valence-electron chi connectivity index (χ2n) is 8.93. The second-order valence-corrected chi connectivity index (χ2v) is 9.14. The van der Waals surface area contributed by atoms with Gasteiger partial charge in [0.15, 0.2) is 11.5 Å². The average Bonchev–Trinajstić information content (AvgIpc) is 3.08. The van der Waals surface area contributed by atoms with Crippen molar-refractivity contribution in [3.05, 3.63) is 48.1 Å². The maximum Gasteiger partial charge on any atom is 0.165 e. The molecule has 0 radical (unpaired) electrons. The maximum absolute atomic E-state index is 10.7. The number of benzene rings is 1. The summed E-state index contributed by atoms with van der Waals surface area (Å²) < 4.78 is 17.1. The number of rotatable bonds is 4. The minimum atomic E-state index is -0.686. The first-order chi connectivity index (χ1) is 13.6. The van der Waals surface area contributed by atoms with Crippen LogP contribution in [-0.4, -0.2) is 54.0 Å². The zero-order valence-electron chi connectivity index (χ0n) is 15.9. The molecule has 4 bridgehead atoms. The summed E-state index contributed by atoms with van der Waals surface area (Å²) in [5.41, 5.74) is 1.48. The Morgan fingerprint density at radius 2 is 2.32 bits per heavy atom. The number of phenolic OH excluding ortho intramolecular Hbond substituents is 1. The van der Waals surface area contributed by atoms with Crippen molar-refractivity contribution in [3.8, 4) is 11.5 Å². The lowest BCUT2D eigenvalue weighted by Crippen LogP contribution is -2.80. The van der Waals surface area contributed by atoms with Gasteiger partial charge in [0, 0.05) is 43.1 Å². The zero-order chi connectivity index (χ0) is 19.3. The van der Waals surface area contributed by atoms with Crippen LogP contribution >= 0.6 is 0 Å². The standard InChI is InChI=1S/C22H24N2O3S/c1-3-9-24-10-8-21-17-13-4-5-14(25)18(17)27-19(21)22(26-2)7-6-20(21,16(24)11-13)12-15(22)23-28/h3-7,15-16,19,25H,1,8-12H2,2H3/t15-,16+,19+,20+,21-,22?/m0/s1. The van der Waals surface area contributed by atoms with Gasteiger partial charge in [0.1, 0.15) is 17.7 Å². The van der Waals surface area contributed by atoms with Gasteiger partial charge in [0.25, 0.3) is 0 Å². The van der Waals surface area contributed by atoms with Gasteiger partial charge in [-0.25, -0.2) is 4.36 Å². The molecule has 1 aromatic carbocycles. The lowest BCUT2D eigenvalue weighted by Gasteiger charge is -2.70. The molecule has 146 valence electrons. The van der Waals surface area contributed by atoms with Gasteiger partial charge >= 0.3 is 0 Å². The molecule has 4 aliphatic carbocycles. The molecule has 1 saturated carbocycles. The van der Waals surface area contributed by atoms with Crippen LogP contribution in [0.4, 0.5) is 0 Å². The molecule has 2 heterocycles. The molecule has 6 heteroatoms. The quantitative estimate of drug-likeness (QED) is 0.793. The third kappa shape index (κ3) is 1.54. The van der Waals surface area contributed by atoms with Gasteiger partial charge in [-0.05, 0) is 37.4 Å². The summed E-state index contributed by atoms with van der Waals surface area (Å²) in [6, 6.07) is 4.05. The molecule has 28 heavy (non-hydrogen) atoms. The largest absolute Gasteiger partial charge is 0.504 e. The zero-order valence-corrected chi connectivity index (χ0v) is 16.7. The average molecular weight is 397 g/mol. The summed E-state index contributed by atoms with van der Waals surface area (Å²) in [7, 11) is 1.73. The molecule has 0 amide bonds. The lowest BCUT2D eigenvalue weighted by atomic mass is 9.38. The first-order valence-electron chi connectivity index (χ1n) is 10.0. The van der Waals surface area contributed by atoms with E-state index in [9.17, 15) is 5.11 Å². The summed E-state index contributed by atoms with van der Waals surface area (Å²) in [6.07, 6.45) is 9.07. The van der Waals surface area contributed by atoms with Crippen LogP contribution in [0.15, 0.2) is 41.3 Å². The van der Waals surface area contributed by atoms with E-state index in [4.69, 9.17) is 21.9 Å². The molecule has 1 N–H and O–H groups in total. The van der Waals surface area contributed by atoms with Gasteiger partial charge in [-0.1, -0.05) is 24.3 Å². The molecule has 2 fully saturated rings. The maximum atomic E-state index is 10.7. The van der Waals surface area contributed by atoms with Crippen LogP contribution in [0.5, 0.6) is 11.5 Å². The van der Waals surface area contributed by atoms with Crippen molar-refractivity contribution in [2.45, 2.75) is 48.5 Å². The number of aromatic hydroxyl groups is 1. The molecule has 2 aliphatic heterocycles. The minimum Gasteiger partial charge on any atom is -0.504 e. The highest BCUT2D eigenvalue weighted by Crippen LogP contribution is 2.73. The number of methoxy groups -OCH3 is 1. The Balaban J connectivity index is 1.69. The number of fused-ring (bicyclic) bond motifs is 1. The van der Waals surface area contributed by atoms with Crippen molar-refractivity contribution in [3.63, 3.8) is 0 Å². The van der Waals surface area contributed by atoms with Gasteiger partial charge in [0.2, 0.25) is 0 Å². The normalized spacial score (nSPS) is 44.1. The third-order valence-electron chi connectivity index (χ3n) is 8.37. The molecule has 1 aromatic rings. The number of ether oxygens (including phenoxy) is 2. The van der Waals surface area contributed by atoms with Gasteiger partial charge in [-0.2, -0.15) is 0 Å². The summed E-state index contributed by atoms with van der Waals surface area (Å²) in [5, 5.41) is 10.7. The fraction of sp³-hybridized carbons (Fsp3) is 0.545. The highest BCUT2D eigenvalue weighted by Gasteiger charge is 2.79. The number of likely N-dealkylation sites (tertiary alicyclic amines) is 1. The van der Waals surface area contributed by atoms with E-state index >= 15 is 0 Å². The van der Waals surface area contributed by atoms with E-state index in [0.717, 1.165) is 32.4 Å². The topological polar surface area (TPSA) is 54.3 Å². The SMILES string of the molecule is C=CCN1CC[C@]23c4c5ccc(O)c4O[C@H]2C2(OC)C=C[C@@]3(C[C@@H]2N=S)[C@H]1C5. The number of hydrogen-bond donors (Lipinski definition) is 1. The van der Waals surface area contributed by atoms with Crippen LogP contribution in [-0.2, 0) is 29.0 Å². The number of piperidine rings is 1. The van der Waals surface area contributed by atoms with E-state index in [-0.39, 0.29) is 28.7 Å². The van der Waals surface area contributed by atoms with Gasteiger partial charge in [0.05, 0.1) is 5.41 Å². The molecule has 1 saturated heterocycles. The van der Waals surface area contributed by atoms with Crippen molar-refractivity contribution in [1.82, 2.24) is 4.90 Å². The summed E-state index contributed by atoms with van der Waals surface area (Å²) >= 11 is 5.25. The molecular weight excluding hydrogens is 372 g/mol. The minimum absolute atomic E-state index is 0.127. The molecule has 6 atom stereocenters. The van der Waals surface area contributed by atoms with Crippen LogP contribution in [0.3, 0.4) is 0 Å². The van der Waals surface area contributed by atoms with E-state index in [1.807, 2.05) is 6.08 Å². The van der Waals surface area contributed by atoms with Crippen LogP contribution in [0.1, 0.15) is 24.0 Å². The van der Waals surface area contributed by atoms with E-state index in [1.165, 1.54) is 11.1 Å². The Bertz CT molecular complexity index is 948. The number of phenols is 1. The van der Waals surface area contributed by atoms with Crippen molar-refractivity contribution >= 4 is 12.4 Å². The summed E-state index contributed by atoms with van der Waals surface area (Å²) in [4.78, 5) is 2.55. The predicted molar refractivity (Wildman–Crippen MR) is 108 cm³/mol. The van der Waals surface area contributed by atoms with Crippen LogP contribution in [0.25, 0.3) is 0 Å². The Labute approximate surface area is 170 Å². The van der Waals surface area contributed by atoms with E-state index in [0.29, 0.717) is 11.8 Å². The monoisotopic (exact) mass is 396 g/mol. The first-order valence-corrected chi connectivity index (χ1v) is 10.4. The molecule has 1 unspecified atom stereocenters. The Hall–Kier alpha value is -1.76. The molecule has 2 spiro atoms. The molecule has 7 rings (SSSR count). The van der Waals surface area contributed by atoms with Crippen molar-refractivity contribution in [1.29, 1.82) is 0 Å². The number of hydrogen-bond acceptors (Lipinski definition) is 6. The van der Waals surface area contributed by atoms with Crippen LogP contribution < -0.4 is 4.74 Å². The van der Waals surface area contributed by atoms with Crippen LogP contribution in [0.2, 0.25) is 0 Å². The highest BCUT2D eigenvalue weighted by atomic mass is 32.1. The van der Waals surface area contributed by atoms with Gasteiger partial charge in [-0.15, -0.1) is 6.58 Å². The fourth-order valence-electron chi connectivity index (χ4n) is 7.39. The van der Waals surface area contributed by atoms with Crippen molar-refractivity contribution < 1.29 is 14.6 Å². The van der Waals surface area contributed by atoms with E-state index in [2.05, 4.69) is 34.1 Å². The van der Waals surface area contributed by atoms with Crippen LogP contribution in [0, 0.1) is 5.41 Å². The van der Waals surface area contributed by atoms with E-state index in [1.54, 1.807) is 13.2 Å². The molecule has 5 nitrogen and oxygen atoms in total. The Morgan fingerprint density at radius 1 is 1.46 bits per heavy atom. The summed E-state index contributed by atoms with van der Waals surface area (Å²) in [6.45, 7) is 5.84. The smallest absolute Gasteiger partial charge is 0.165 e. The lowest BCUT2D eigenvalue weighted by molar-refractivity contribution is -0.195. The predicted octanol–water partition coefficient (Wildman–Crippen LogP) is 2.65. The van der Waals surface area contributed by atoms with E-state index < -0.39 is 5.60 Å². The molecule has 0 aromatic heterocycles. The first kappa shape index (κ1) is 17.1.